The molecule has 0 aliphatic carbocycles. The van der Waals surface area contributed by atoms with Gasteiger partial charge in [-0.05, 0) is 39.5 Å². The molecule has 0 fully saturated rings. The molecule has 1 aromatic carbocycles. The highest BCUT2D eigenvalue weighted by atomic mass is 19.1. The molecule has 0 aromatic heterocycles. The Balaban J connectivity index is 2.44. The fourth-order valence-electron chi connectivity index (χ4n) is 1.57. The molecule has 0 radical (unpaired) electrons. The number of halogens is 1. The molecule has 1 rings (SSSR count). The Morgan fingerprint density at radius 3 is 2.67 bits per heavy atom. The van der Waals surface area contributed by atoms with Crippen LogP contribution >= 0.6 is 0 Å². The second-order valence-electron chi connectivity index (χ2n) is 4.39. The van der Waals surface area contributed by atoms with Gasteiger partial charge in [0.05, 0.1) is 11.0 Å². The average Bonchev–Trinajstić information content (AvgIpc) is 2.27. The number of hydrogen-bond acceptors (Lipinski definition) is 4. The van der Waals surface area contributed by atoms with E-state index in [9.17, 15) is 14.5 Å². The third-order valence-corrected chi connectivity index (χ3v) is 2.45. The van der Waals surface area contributed by atoms with Gasteiger partial charge in [0.15, 0.2) is 0 Å². The van der Waals surface area contributed by atoms with Crippen LogP contribution in [0.4, 0.5) is 15.8 Å². The maximum Gasteiger partial charge on any atom is 0.274 e. The number of hydrogen-bond donors (Lipinski definition) is 1. The summed E-state index contributed by atoms with van der Waals surface area (Å²) in [6.07, 6.45) is 1.96. The van der Waals surface area contributed by atoms with Crippen LogP contribution in [0.25, 0.3) is 0 Å². The predicted octanol–water partition coefficient (Wildman–Crippen LogP) is 2.49. The molecular weight excluding hydrogens is 237 g/mol. The molecule has 0 aliphatic heterocycles. The molecule has 5 nitrogen and oxygen atoms in total. The van der Waals surface area contributed by atoms with E-state index < -0.39 is 10.7 Å². The lowest BCUT2D eigenvalue weighted by atomic mass is 10.2. The van der Waals surface area contributed by atoms with E-state index in [1.165, 1.54) is 12.1 Å². The summed E-state index contributed by atoms with van der Waals surface area (Å²) in [4.78, 5) is 12.1. The summed E-state index contributed by atoms with van der Waals surface area (Å²) in [5, 5.41) is 13.6. The molecule has 0 bridgehead atoms. The number of nitrogens with one attached hydrogen (secondary N) is 1. The van der Waals surface area contributed by atoms with Crippen LogP contribution in [-0.2, 0) is 0 Å². The van der Waals surface area contributed by atoms with E-state index in [0.717, 1.165) is 25.5 Å². The zero-order valence-corrected chi connectivity index (χ0v) is 10.6. The number of nitro benzene ring substituents is 1. The molecular formula is C12H18FN3O2. The van der Waals surface area contributed by atoms with Gasteiger partial charge < -0.3 is 10.2 Å². The molecule has 18 heavy (non-hydrogen) atoms. The van der Waals surface area contributed by atoms with Crippen molar-refractivity contribution in [3.63, 3.8) is 0 Å². The zero-order chi connectivity index (χ0) is 13.5. The Morgan fingerprint density at radius 1 is 1.33 bits per heavy atom. The number of benzene rings is 1. The first-order valence-electron chi connectivity index (χ1n) is 5.82. The molecule has 6 heteroatoms. The van der Waals surface area contributed by atoms with E-state index in [1.807, 2.05) is 14.1 Å². The van der Waals surface area contributed by atoms with Crippen molar-refractivity contribution < 1.29 is 9.31 Å². The molecule has 0 heterocycles. The van der Waals surface area contributed by atoms with Crippen LogP contribution < -0.4 is 5.32 Å². The van der Waals surface area contributed by atoms with Gasteiger partial charge >= 0.3 is 0 Å². The monoisotopic (exact) mass is 255 g/mol. The topological polar surface area (TPSA) is 58.4 Å². The van der Waals surface area contributed by atoms with Gasteiger partial charge in [0.2, 0.25) is 0 Å². The predicted molar refractivity (Wildman–Crippen MR) is 69.3 cm³/mol. The minimum atomic E-state index is -0.597. The summed E-state index contributed by atoms with van der Waals surface area (Å²) in [5.41, 5.74) is 0.220. The number of rotatable bonds is 7. The average molecular weight is 255 g/mol. The van der Waals surface area contributed by atoms with Crippen molar-refractivity contribution >= 4 is 11.4 Å². The smallest absolute Gasteiger partial charge is 0.274 e. The molecule has 0 atom stereocenters. The first-order valence-corrected chi connectivity index (χ1v) is 5.82. The summed E-state index contributed by atoms with van der Waals surface area (Å²) in [7, 11) is 4.01. The van der Waals surface area contributed by atoms with Crippen LogP contribution in [0.5, 0.6) is 0 Å². The molecule has 0 spiro atoms. The maximum atomic E-state index is 13.1. The van der Waals surface area contributed by atoms with Crippen molar-refractivity contribution in [3.8, 4) is 0 Å². The Labute approximate surface area is 106 Å². The first kappa shape index (κ1) is 14.4. The van der Waals surface area contributed by atoms with Gasteiger partial charge in [0.25, 0.3) is 5.69 Å². The van der Waals surface area contributed by atoms with Crippen molar-refractivity contribution in [2.75, 3.05) is 32.5 Å². The Morgan fingerprint density at radius 2 is 2.06 bits per heavy atom. The third kappa shape index (κ3) is 5.09. The van der Waals surface area contributed by atoms with Gasteiger partial charge in [-0.3, -0.25) is 10.1 Å². The van der Waals surface area contributed by atoms with Crippen molar-refractivity contribution in [2.45, 2.75) is 12.8 Å². The van der Waals surface area contributed by atoms with E-state index in [4.69, 9.17) is 0 Å². The lowest BCUT2D eigenvalue weighted by Gasteiger charge is -2.10. The van der Waals surface area contributed by atoms with E-state index in [1.54, 1.807) is 0 Å². The molecule has 1 aromatic rings. The third-order valence-electron chi connectivity index (χ3n) is 2.45. The highest BCUT2D eigenvalue weighted by molar-refractivity contribution is 5.51. The fourth-order valence-corrected chi connectivity index (χ4v) is 1.57. The highest BCUT2D eigenvalue weighted by Crippen LogP contribution is 2.19. The largest absolute Gasteiger partial charge is 0.385 e. The molecule has 100 valence electrons. The van der Waals surface area contributed by atoms with Crippen LogP contribution in [-0.4, -0.2) is 37.0 Å². The van der Waals surface area contributed by atoms with E-state index in [2.05, 4.69) is 10.2 Å². The summed E-state index contributed by atoms with van der Waals surface area (Å²) in [5.74, 6) is -0.597. The summed E-state index contributed by atoms with van der Waals surface area (Å²) in [6.45, 7) is 1.67. The molecule has 0 saturated heterocycles. The zero-order valence-electron chi connectivity index (χ0n) is 10.6. The summed E-state index contributed by atoms with van der Waals surface area (Å²) in [6, 6.07) is 3.52. The second kappa shape index (κ2) is 6.90. The maximum absolute atomic E-state index is 13.1. The number of nitro groups is 1. The molecule has 0 aliphatic rings. The molecule has 0 unspecified atom stereocenters. The summed E-state index contributed by atoms with van der Waals surface area (Å²) < 4.78 is 13.1. The first-order chi connectivity index (χ1) is 8.49. The van der Waals surface area contributed by atoms with Crippen LogP contribution in [0, 0.1) is 15.9 Å². The van der Waals surface area contributed by atoms with Gasteiger partial charge in [-0.1, -0.05) is 0 Å². The van der Waals surface area contributed by atoms with Gasteiger partial charge in [-0.15, -0.1) is 0 Å². The van der Waals surface area contributed by atoms with E-state index in [-0.39, 0.29) is 5.69 Å². The van der Waals surface area contributed by atoms with E-state index >= 15 is 0 Å². The minimum Gasteiger partial charge on any atom is -0.385 e. The number of nitrogens with zero attached hydrogens (tertiary/aromatic N) is 2. The molecule has 0 amide bonds. The second-order valence-corrected chi connectivity index (χ2v) is 4.39. The van der Waals surface area contributed by atoms with Crippen LogP contribution in [0.15, 0.2) is 18.2 Å². The van der Waals surface area contributed by atoms with Gasteiger partial charge in [0.1, 0.15) is 5.82 Å². The quantitative estimate of drug-likeness (QED) is 0.462. The number of unbranched alkanes of at least 4 members (excludes halogenated alkanes) is 1. The normalized spacial score (nSPS) is 10.7. The van der Waals surface area contributed by atoms with Crippen molar-refractivity contribution in [2.24, 2.45) is 0 Å². The lowest BCUT2D eigenvalue weighted by Crippen LogP contribution is -2.14. The molecule has 0 saturated carbocycles. The van der Waals surface area contributed by atoms with Gasteiger partial charge in [0, 0.05) is 18.3 Å². The van der Waals surface area contributed by atoms with Gasteiger partial charge in [-0.2, -0.15) is 0 Å². The molecule has 1 N–H and O–H groups in total. The Bertz CT molecular complexity index is 410. The van der Waals surface area contributed by atoms with Crippen molar-refractivity contribution in [1.29, 1.82) is 0 Å². The van der Waals surface area contributed by atoms with Crippen molar-refractivity contribution in [1.82, 2.24) is 4.90 Å². The van der Waals surface area contributed by atoms with Crippen molar-refractivity contribution in [3.05, 3.63) is 34.1 Å². The van der Waals surface area contributed by atoms with E-state index in [0.29, 0.717) is 12.2 Å². The SMILES string of the molecule is CN(C)CCCCNc1cc(F)cc([N+](=O)[O-])c1. The van der Waals surface area contributed by atoms with Crippen LogP contribution in [0.2, 0.25) is 0 Å². The number of anilines is 1. The highest BCUT2D eigenvalue weighted by Gasteiger charge is 2.09. The summed E-state index contributed by atoms with van der Waals surface area (Å²) >= 11 is 0. The number of non-ortho nitro benzene ring substituents is 1. The van der Waals surface area contributed by atoms with Crippen LogP contribution in [0.1, 0.15) is 12.8 Å². The minimum absolute atomic E-state index is 0.231. The Kier molecular flexibility index (Phi) is 5.51. The standard InChI is InChI=1S/C12H18FN3O2/c1-15(2)6-4-3-5-14-11-7-10(13)8-12(9-11)16(17)18/h7-9,14H,3-6H2,1-2H3. The Hall–Kier alpha value is -1.69. The van der Waals surface area contributed by atoms with Crippen LogP contribution in [0.3, 0.4) is 0 Å². The van der Waals surface area contributed by atoms with Gasteiger partial charge in [-0.25, -0.2) is 4.39 Å². The fraction of sp³-hybridized carbons (Fsp3) is 0.500. The lowest BCUT2D eigenvalue weighted by molar-refractivity contribution is -0.385.